The Morgan fingerprint density at radius 3 is 1.62 bits per heavy atom. The van der Waals surface area contributed by atoms with Gasteiger partial charge < -0.3 is 0 Å². The molecule has 0 saturated heterocycles. The Morgan fingerprint density at radius 1 is 0.731 bits per heavy atom. The largest absolute Gasteiger partial charge is 0.299 e. The molecule has 1 atom stereocenters. The Bertz CT molecular complexity index is 847. The molecule has 2 nitrogen and oxygen atoms in total. The molecule has 0 heterocycles. The van der Waals surface area contributed by atoms with Crippen molar-refractivity contribution in [1.82, 2.24) is 0 Å². The van der Waals surface area contributed by atoms with Crippen LogP contribution in [0, 0.1) is 11.7 Å². The van der Waals surface area contributed by atoms with E-state index in [4.69, 9.17) is 0 Å². The second kappa shape index (κ2) is 7.87. The standard InChI is InChI=1S/C23H19FO2/c1-16(25)21(23(26)19-12-14-20(24)15-13-19)22(17-8-4-2-5-9-17)18-10-6-3-7-11-18/h2-15,21-22H,1H3. The first-order valence-corrected chi connectivity index (χ1v) is 8.48. The molecule has 0 spiro atoms. The first kappa shape index (κ1) is 17.7. The van der Waals surface area contributed by atoms with Crippen LogP contribution in [-0.4, -0.2) is 11.6 Å². The molecule has 0 fully saturated rings. The molecule has 130 valence electrons. The molecular formula is C23H19FO2. The van der Waals surface area contributed by atoms with Crippen LogP contribution < -0.4 is 0 Å². The van der Waals surface area contributed by atoms with Gasteiger partial charge in [0.15, 0.2) is 5.78 Å². The van der Waals surface area contributed by atoms with Gasteiger partial charge in [-0.25, -0.2) is 4.39 Å². The minimum Gasteiger partial charge on any atom is -0.299 e. The lowest BCUT2D eigenvalue weighted by Crippen LogP contribution is -2.29. The van der Waals surface area contributed by atoms with Gasteiger partial charge in [0.2, 0.25) is 0 Å². The number of hydrogen-bond acceptors (Lipinski definition) is 2. The van der Waals surface area contributed by atoms with Gasteiger partial charge in [-0.2, -0.15) is 0 Å². The number of rotatable bonds is 6. The van der Waals surface area contributed by atoms with Gasteiger partial charge in [-0.15, -0.1) is 0 Å². The molecule has 0 bridgehead atoms. The van der Waals surface area contributed by atoms with Gasteiger partial charge in [0.1, 0.15) is 11.6 Å². The summed E-state index contributed by atoms with van der Waals surface area (Å²) in [7, 11) is 0. The van der Waals surface area contributed by atoms with Crippen molar-refractivity contribution in [3.8, 4) is 0 Å². The van der Waals surface area contributed by atoms with E-state index < -0.39 is 17.7 Å². The van der Waals surface area contributed by atoms with Crippen LogP contribution in [0.5, 0.6) is 0 Å². The third kappa shape index (κ3) is 3.77. The minimum absolute atomic E-state index is 0.211. The van der Waals surface area contributed by atoms with Crippen LogP contribution in [0.1, 0.15) is 34.3 Å². The first-order chi connectivity index (χ1) is 12.6. The highest BCUT2D eigenvalue weighted by Gasteiger charge is 2.35. The molecule has 0 aromatic heterocycles. The van der Waals surface area contributed by atoms with Gasteiger partial charge in [-0.1, -0.05) is 60.7 Å². The van der Waals surface area contributed by atoms with Crippen LogP contribution >= 0.6 is 0 Å². The number of hydrogen-bond donors (Lipinski definition) is 0. The molecule has 1 unspecified atom stereocenters. The molecule has 3 aromatic carbocycles. The van der Waals surface area contributed by atoms with Crippen LogP contribution in [0.2, 0.25) is 0 Å². The summed E-state index contributed by atoms with van der Waals surface area (Å²) in [6.07, 6.45) is 0. The van der Waals surface area contributed by atoms with Crippen LogP contribution in [0.25, 0.3) is 0 Å². The summed E-state index contributed by atoms with van der Waals surface area (Å²) in [4.78, 5) is 25.7. The van der Waals surface area contributed by atoms with Gasteiger partial charge in [-0.3, -0.25) is 9.59 Å². The highest BCUT2D eigenvalue weighted by atomic mass is 19.1. The van der Waals surface area contributed by atoms with Gasteiger partial charge in [0.25, 0.3) is 0 Å². The lowest BCUT2D eigenvalue weighted by Gasteiger charge is -2.25. The van der Waals surface area contributed by atoms with E-state index in [1.807, 2.05) is 60.7 Å². The van der Waals surface area contributed by atoms with E-state index in [2.05, 4.69) is 0 Å². The van der Waals surface area contributed by atoms with Gasteiger partial charge in [0, 0.05) is 11.5 Å². The fourth-order valence-electron chi connectivity index (χ4n) is 3.26. The smallest absolute Gasteiger partial charge is 0.174 e. The molecule has 0 aliphatic carbocycles. The van der Waals surface area contributed by atoms with Gasteiger partial charge in [0.05, 0.1) is 5.92 Å². The quantitative estimate of drug-likeness (QED) is 0.462. The Labute approximate surface area is 152 Å². The van der Waals surface area contributed by atoms with E-state index in [0.717, 1.165) is 11.1 Å². The van der Waals surface area contributed by atoms with Crippen LogP contribution in [0.3, 0.4) is 0 Å². The average Bonchev–Trinajstić information content (AvgIpc) is 2.67. The number of ketones is 2. The van der Waals surface area contributed by atoms with Crippen molar-refractivity contribution in [3.05, 3.63) is 107 Å². The number of halogens is 1. The fourth-order valence-corrected chi connectivity index (χ4v) is 3.26. The predicted molar refractivity (Wildman–Crippen MR) is 99.6 cm³/mol. The second-order valence-electron chi connectivity index (χ2n) is 6.26. The monoisotopic (exact) mass is 346 g/mol. The fraction of sp³-hybridized carbons (Fsp3) is 0.130. The average molecular weight is 346 g/mol. The zero-order chi connectivity index (χ0) is 18.5. The van der Waals surface area contributed by atoms with Crippen molar-refractivity contribution < 1.29 is 14.0 Å². The van der Waals surface area contributed by atoms with Crippen LogP contribution in [0.4, 0.5) is 4.39 Å². The molecule has 0 N–H and O–H groups in total. The van der Waals surface area contributed by atoms with Crippen molar-refractivity contribution >= 4 is 11.6 Å². The summed E-state index contributed by atoms with van der Waals surface area (Å²) >= 11 is 0. The maximum Gasteiger partial charge on any atom is 0.174 e. The number of carbonyl (C=O) groups is 2. The third-order valence-corrected chi connectivity index (χ3v) is 4.50. The summed E-state index contributed by atoms with van der Waals surface area (Å²) in [5, 5.41) is 0. The lowest BCUT2D eigenvalue weighted by atomic mass is 9.75. The Morgan fingerprint density at radius 2 is 1.19 bits per heavy atom. The molecule has 3 aromatic rings. The summed E-state index contributed by atoms with van der Waals surface area (Å²) in [5.41, 5.74) is 2.13. The van der Waals surface area contributed by atoms with E-state index in [1.165, 1.54) is 31.2 Å². The zero-order valence-electron chi connectivity index (χ0n) is 14.4. The summed E-state index contributed by atoms with van der Waals surface area (Å²) in [6, 6.07) is 24.4. The number of carbonyl (C=O) groups excluding carboxylic acids is 2. The molecule has 26 heavy (non-hydrogen) atoms. The number of benzene rings is 3. The molecule has 0 amide bonds. The summed E-state index contributed by atoms with van der Waals surface area (Å²) in [6.45, 7) is 1.44. The van der Waals surface area contributed by atoms with Gasteiger partial charge in [-0.05, 0) is 42.3 Å². The minimum atomic E-state index is -0.870. The molecule has 0 aliphatic heterocycles. The predicted octanol–water partition coefficient (Wildman–Crippen LogP) is 5.05. The Balaban J connectivity index is 2.10. The Kier molecular flexibility index (Phi) is 5.37. The van der Waals surface area contributed by atoms with Crippen LogP contribution in [0.15, 0.2) is 84.9 Å². The maximum atomic E-state index is 13.2. The van der Waals surface area contributed by atoms with Gasteiger partial charge >= 0.3 is 0 Å². The summed E-state index contributed by atoms with van der Waals surface area (Å²) in [5.74, 6) is -2.19. The molecule has 0 aliphatic rings. The topological polar surface area (TPSA) is 34.1 Å². The van der Waals surface area contributed by atoms with E-state index >= 15 is 0 Å². The highest BCUT2D eigenvalue weighted by molar-refractivity contribution is 6.11. The lowest BCUT2D eigenvalue weighted by molar-refractivity contribution is -0.119. The number of Topliss-reactive ketones (excluding diaryl/α,β-unsaturated/α-hetero) is 2. The molecule has 3 heteroatoms. The zero-order valence-corrected chi connectivity index (χ0v) is 14.4. The van der Waals surface area contributed by atoms with E-state index in [0.29, 0.717) is 5.56 Å². The van der Waals surface area contributed by atoms with Crippen molar-refractivity contribution in [2.24, 2.45) is 5.92 Å². The molecule has 0 saturated carbocycles. The van der Waals surface area contributed by atoms with Crippen molar-refractivity contribution in [2.75, 3.05) is 0 Å². The van der Waals surface area contributed by atoms with Crippen LogP contribution in [-0.2, 0) is 4.79 Å². The van der Waals surface area contributed by atoms with E-state index in [9.17, 15) is 14.0 Å². The third-order valence-electron chi connectivity index (χ3n) is 4.50. The molecule has 0 radical (unpaired) electrons. The molecular weight excluding hydrogens is 327 g/mol. The summed E-state index contributed by atoms with van der Waals surface area (Å²) < 4.78 is 13.2. The highest BCUT2D eigenvalue weighted by Crippen LogP contribution is 2.34. The first-order valence-electron chi connectivity index (χ1n) is 8.48. The second-order valence-corrected chi connectivity index (χ2v) is 6.26. The van der Waals surface area contributed by atoms with E-state index in [1.54, 1.807) is 0 Å². The van der Waals surface area contributed by atoms with Crippen molar-refractivity contribution in [3.63, 3.8) is 0 Å². The Hall–Kier alpha value is -3.07. The maximum absolute atomic E-state index is 13.2. The van der Waals surface area contributed by atoms with Crippen molar-refractivity contribution in [1.29, 1.82) is 0 Å². The molecule has 3 rings (SSSR count). The van der Waals surface area contributed by atoms with Crippen molar-refractivity contribution in [2.45, 2.75) is 12.8 Å². The normalized spacial score (nSPS) is 12.0. The van der Waals surface area contributed by atoms with E-state index in [-0.39, 0.29) is 11.6 Å². The SMILES string of the molecule is CC(=O)C(C(=O)c1ccc(F)cc1)C(c1ccccc1)c1ccccc1.